The molecule has 1 amide bonds. The Morgan fingerprint density at radius 1 is 1.38 bits per heavy atom. The molecule has 3 heterocycles. The maximum absolute atomic E-state index is 12.9. The molecule has 1 aromatic carbocycles. The molecule has 1 aliphatic heterocycles. The van der Waals surface area contributed by atoms with Gasteiger partial charge >= 0.3 is 0 Å². The maximum Gasteiger partial charge on any atom is 0.271 e. The van der Waals surface area contributed by atoms with Crippen LogP contribution in [0.2, 0.25) is 5.02 Å². The van der Waals surface area contributed by atoms with Crippen molar-refractivity contribution in [1.82, 2.24) is 19.9 Å². The summed E-state index contributed by atoms with van der Waals surface area (Å²) in [6, 6.07) is 6.55. The van der Waals surface area contributed by atoms with Crippen LogP contribution in [-0.2, 0) is 0 Å². The van der Waals surface area contributed by atoms with Crippen LogP contribution in [0.25, 0.3) is 11.0 Å². The average Bonchev–Trinajstić information content (AvgIpc) is 3.27. The molecule has 0 spiro atoms. The number of halogens is 1. The number of carbonyl (C=O) groups excluding carboxylic acids is 1. The quantitative estimate of drug-likeness (QED) is 0.739. The molecule has 2 aromatic heterocycles. The number of rotatable bonds is 3. The number of imidazole rings is 1. The largest absolute Gasteiger partial charge is 0.491 e. The molecule has 8 heteroatoms. The van der Waals surface area contributed by atoms with E-state index in [0.717, 1.165) is 29.7 Å². The number of H-pyrrole nitrogens is 2. The van der Waals surface area contributed by atoms with Gasteiger partial charge in [-0.05, 0) is 31.0 Å². The van der Waals surface area contributed by atoms with Gasteiger partial charge in [0.05, 0.1) is 24.2 Å². The minimum Gasteiger partial charge on any atom is -0.491 e. The molecule has 0 radical (unpaired) electrons. The summed E-state index contributed by atoms with van der Waals surface area (Å²) >= 11 is 6.03. The molecule has 0 saturated carbocycles. The highest BCUT2D eigenvalue weighted by molar-refractivity contribution is 6.31. The number of pyridine rings is 1. The first-order valence-corrected chi connectivity index (χ1v) is 8.67. The number of ether oxygens (including phenoxy) is 1. The molecule has 1 fully saturated rings. The molecule has 26 heavy (non-hydrogen) atoms. The highest BCUT2D eigenvalue weighted by atomic mass is 35.5. The van der Waals surface area contributed by atoms with E-state index in [4.69, 9.17) is 16.3 Å². The van der Waals surface area contributed by atoms with Crippen molar-refractivity contribution in [2.45, 2.75) is 18.9 Å². The van der Waals surface area contributed by atoms with Crippen LogP contribution in [0, 0.1) is 0 Å². The van der Waals surface area contributed by atoms with E-state index in [9.17, 15) is 9.59 Å². The smallest absolute Gasteiger partial charge is 0.271 e. The Labute approximate surface area is 154 Å². The number of aromatic nitrogens is 3. The molecule has 1 aliphatic rings. The van der Waals surface area contributed by atoms with Gasteiger partial charge in [0.1, 0.15) is 11.5 Å². The molecule has 0 bridgehead atoms. The van der Waals surface area contributed by atoms with E-state index in [-0.39, 0.29) is 28.8 Å². The van der Waals surface area contributed by atoms with Gasteiger partial charge in [0.15, 0.2) is 5.75 Å². The summed E-state index contributed by atoms with van der Waals surface area (Å²) in [5.74, 6) is 0.670. The van der Waals surface area contributed by atoms with Gasteiger partial charge in [0.2, 0.25) is 5.43 Å². The van der Waals surface area contributed by atoms with Crippen molar-refractivity contribution in [3.05, 3.63) is 57.2 Å². The lowest BCUT2D eigenvalue weighted by Crippen LogP contribution is -2.32. The van der Waals surface area contributed by atoms with Crippen LogP contribution in [0.15, 0.2) is 35.3 Å². The zero-order valence-electron chi connectivity index (χ0n) is 14.1. The number of likely N-dealkylation sites (tertiary alicyclic amines) is 1. The molecule has 1 saturated heterocycles. The van der Waals surface area contributed by atoms with Gasteiger partial charge in [-0.15, -0.1) is 0 Å². The summed E-state index contributed by atoms with van der Waals surface area (Å²) in [5.41, 5.74) is 1.55. The number of hydrogen-bond donors (Lipinski definition) is 2. The predicted octanol–water partition coefficient (Wildman–Crippen LogP) is 2.89. The van der Waals surface area contributed by atoms with Crippen LogP contribution >= 0.6 is 11.6 Å². The molecule has 1 unspecified atom stereocenters. The fourth-order valence-corrected chi connectivity index (χ4v) is 3.52. The van der Waals surface area contributed by atoms with Gasteiger partial charge in [-0.25, -0.2) is 4.98 Å². The molecule has 1 atom stereocenters. The number of benzene rings is 1. The van der Waals surface area contributed by atoms with Crippen molar-refractivity contribution in [1.29, 1.82) is 0 Å². The maximum atomic E-state index is 12.9. The van der Waals surface area contributed by atoms with Crippen LogP contribution < -0.4 is 10.2 Å². The fourth-order valence-electron chi connectivity index (χ4n) is 3.35. The Kier molecular flexibility index (Phi) is 4.16. The van der Waals surface area contributed by atoms with E-state index in [1.807, 2.05) is 12.1 Å². The lowest BCUT2D eigenvalue weighted by Gasteiger charge is -2.23. The van der Waals surface area contributed by atoms with Crippen molar-refractivity contribution >= 4 is 28.5 Å². The molecular weight excluding hydrogens is 356 g/mol. The van der Waals surface area contributed by atoms with Crippen molar-refractivity contribution in [3.8, 4) is 5.75 Å². The second kappa shape index (κ2) is 6.49. The highest BCUT2D eigenvalue weighted by Crippen LogP contribution is 2.32. The summed E-state index contributed by atoms with van der Waals surface area (Å²) < 4.78 is 4.94. The number of carbonyl (C=O) groups is 1. The lowest BCUT2D eigenvalue weighted by atomic mass is 10.2. The number of amides is 1. The van der Waals surface area contributed by atoms with Gasteiger partial charge in [-0.1, -0.05) is 11.6 Å². The van der Waals surface area contributed by atoms with Crippen molar-refractivity contribution < 1.29 is 9.53 Å². The van der Waals surface area contributed by atoms with Crippen LogP contribution in [0.3, 0.4) is 0 Å². The second-order valence-corrected chi connectivity index (χ2v) is 6.66. The van der Waals surface area contributed by atoms with Gasteiger partial charge in [-0.3, -0.25) is 9.59 Å². The van der Waals surface area contributed by atoms with Crippen LogP contribution in [0.4, 0.5) is 0 Å². The first-order valence-electron chi connectivity index (χ1n) is 8.29. The molecule has 134 valence electrons. The zero-order valence-corrected chi connectivity index (χ0v) is 14.8. The lowest BCUT2D eigenvalue weighted by molar-refractivity contribution is 0.0724. The van der Waals surface area contributed by atoms with E-state index in [0.29, 0.717) is 11.6 Å². The number of hydrogen-bond acceptors (Lipinski definition) is 4. The number of methoxy groups -OCH3 is 1. The molecule has 7 nitrogen and oxygen atoms in total. The second-order valence-electron chi connectivity index (χ2n) is 6.22. The topological polar surface area (TPSA) is 91.1 Å². The third-order valence-electron chi connectivity index (χ3n) is 4.62. The SMILES string of the molecule is COc1c[nH]c(C(=O)N2CCCC2c2nc3ccc(Cl)cc3[nH]2)cc1=O. The summed E-state index contributed by atoms with van der Waals surface area (Å²) in [6.45, 7) is 0.607. The minimum absolute atomic E-state index is 0.167. The molecule has 2 N–H and O–H groups in total. The Balaban J connectivity index is 1.66. The van der Waals surface area contributed by atoms with E-state index < -0.39 is 0 Å². The van der Waals surface area contributed by atoms with E-state index >= 15 is 0 Å². The molecular formula is C18H17ClN4O3. The summed E-state index contributed by atoms with van der Waals surface area (Å²) in [5, 5.41) is 0.628. The Bertz CT molecular complexity index is 1040. The predicted molar refractivity (Wildman–Crippen MR) is 97.7 cm³/mol. The van der Waals surface area contributed by atoms with Crippen molar-refractivity contribution in [2.75, 3.05) is 13.7 Å². The summed E-state index contributed by atoms with van der Waals surface area (Å²) in [7, 11) is 1.41. The van der Waals surface area contributed by atoms with Crippen molar-refractivity contribution in [3.63, 3.8) is 0 Å². The highest BCUT2D eigenvalue weighted by Gasteiger charge is 2.33. The Morgan fingerprint density at radius 3 is 3.00 bits per heavy atom. The monoisotopic (exact) mass is 372 g/mol. The van der Waals surface area contributed by atoms with Gasteiger partial charge < -0.3 is 19.6 Å². The molecule has 0 aliphatic carbocycles. The third kappa shape index (κ3) is 2.84. The molecule has 4 rings (SSSR count). The third-order valence-corrected chi connectivity index (χ3v) is 4.85. The molecule has 3 aromatic rings. The fraction of sp³-hybridized carbons (Fsp3) is 0.278. The number of fused-ring (bicyclic) bond motifs is 1. The standard InChI is InChI=1S/C18H17ClN4O3/c1-26-16-9-20-13(8-15(16)24)18(25)23-6-2-3-14(23)17-21-11-5-4-10(19)7-12(11)22-17/h4-5,7-9,14H,2-3,6H2,1H3,(H,20,24)(H,21,22). The van der Waals surface area contributed by atoms with Gasteiger partial charge in [0.25, 0.3) is 5.91 Å². The number of nitrogens with zero attached hydrogens (tertiary/aromatic N) is 2. The average molecular weight is 373 g/mol. The first kappa shape index (κ1) is 16.7. The van der Waals surface area contributed by atoms with Crippen LogP contribution in [0.5, 0.6) is 5.75 Å². The minimum atomic E-state index is -0.330. The Morgan fingerprint density at radius 2 is 2.23 bits per heavy atom. The summed E-state index contributed by atoms with van der Waals surface area (Å²) in [4.78, 5) is 37.3. The van der Waals surface area contributed by atoms with Crippen LogP contribution in [-0.4, -0.2) is 39.4 Å². The van der Waals surface area contributed by atoms with E-state index in [1.165, 1.54) is 19.4 Å². The van der Waals surface area contributed by atoms with E-state index in [1.54, 1.807) is 11.0 Å². The van der Waals surface area contributed by atoms with Crippen LogP contribution in [0.1, 0.15) is 35.2 Å². The van der Waals surface area contributed by atoms with Crippen molar-refractivity contribution in [2.24, 2.45) is 0 Å². The first-order chi connectivity index (χ1) is 12.6. The number of nitrogens with one attached hydrogen (secondary N) is 2. The number of aromatic amines is 2. The van der Waals surface area contributed by atoms with Gasteiger partial charge in [-0.2, -0.15) is 0 Å². The van der Waals surface area contributed by atoms with E-state index in [2.05, 4.69) is 15.0 Å². The van der Waals surface area contributed by atoms with Gasteiger partial charge in [0, 0.05) is 23.8 Å². The zero-order chi connectivity index (χ0) is 18.3. The summed E-state index contributed by atoms with van der Waals surface area (Å²) in [6.07, 6.45) is 3.08. The Hall–Kier alpha value is -2.80. The normalized spacial score (nSPS) is 17.0.